The van der Waals surface area contributed by atoms with Gasteiger partial charge in [-0.25, -0.2) is 9.78 Å². The number of para-hydroxylation sites is 1. The molecule has 0 unspecified atom stereocenters. The smallest absolute Gasteiger partial charge is 0.335 e. The highest BCUT2D eigenvalue weighted by Gasteiger charge is 2.10. The SMILES string of the molecule is O=C(O)c1ccc(Nc2cncc(-c3cc4ccccc4[nH]3)n2)c(Cl)c1. The summed E-state index contributed by atoms with van der Waals surface area (Å²) in [5, 5.41) is 13.5. The summed E-state index contributed by atoms with van der Waals surface area (Å²) in [5.74, 6) is -0.523. The molecule has 2 aromatic heterocycles. The summed E-state index contributed by atoms with van der Waals surface area (Å²) in [6.45, 7) is 0. The van der Waals surface area contributed by atoms with Gasteiger partial charge in [0.2, 0.25) is 0 Å². The maximum atomic E-state index is 11.0. The minimum atomic E-state index is -1.03. The van der Waals surface area contributed by atoms with E-state index in [2.05, 4.69) is 20.3 Å². The van der Waals surface area contributed by atoms with E-state index in [0.717, 1.165) is 16.6 Å². The number of carbonyl (C=O) groups is 1. The number of anilines is 2. The number of carboxylic acid groups (broad SMARTS) is 1. The van der Waals surface area contributed by atoms with E-state index in [9.17, 15) is 4.79 Å². The Labute approximate surface area is 153 Å². The Kier molecular flexibility index (Phi) is 4.02. The van der Waals surface area contributed by atoms with E-state index < -0.39 is 5.97 Å². The summed E-state index contributed by atoms with van der Waals surface area (Å²) in [4.78, 5) is 23.1. The molecule has 0 aliphatic heterocycles. The molecule has 0 aliphatic carbocycles. The predicted molar refractivity (Wildman–Crippen MR) is 101 cm³/mol. The van der Waals surface area contributed by atoms with E-state index in [1.54, 1.807) is 18.5 Å². The number of aromatic amines is 1. The van der Waals surface area contributed by atoms with Crippen molar-refractivity contribution in [1.82, 2.24) is 15.0 Å². The molecule has 2 heterocycles. The van der Waals surface area contributed by atoms with E-state index in [4.69, 9.17) is 16.7 Å². The van der Waals surface area contributed by atoms with Gasteiger partial charge in [0, 0.05) is 10.9 Å². The fourth-order valence-electron chi connectivity index (χ4n) is 2.65. The number of fused-ring (bicyclic) bond motifs is 1. The second-order valence-electron chi connectivity index (χ2n) is 5.68. The molecule has 0 fully saturated rings. The molecular formula is C19H13ClN4O2. The standard InChI is InChI=1S/C19H13ClN4O2/c20-13-7-12(19(25)26)5-6-15(13)23-18-10-21-9-17(24-18)16-8-11-3-1-2-4-14(11)22-16/h1-10,22H,(H,23,24)(H,25,26). The van der Waals surface area contributed by atoms with Crippen LogP contribution in [0.1, 0.15) is 10.4 Å². The minimum absolute atomic E-state index is 0.124. The van der Waals surface area contributed by atoms with Gasteiger partial charge in [0.25, 0.3) is 0 Å². The normalized spacial score (nSPS) is 10.8. The first-order valence-corrected chi connectivity index (χ1v) is 8.18. The minimum Gasteiger partial charge on any atom is -0.478 e. The Hall–Kier alpha value is -3.38. The third-order valence-corrected chi connectivity index (χ3v) is 4.23. The van der Waals surface area contributed by atoms with Crippen LogP contribution in [0.15, 0.2) is 60.9 Å². The highest BCUT2D eigenvalue weighted by molar-refractivity contribution is 6.33. The molecule has 4 rings (SSSR count). The molecule has 0 saturated heterocycles. The summed E-state index contributed by atoms with van der Waals surface area (Å²) < 4.78 is 0. The monoisotopic (exact) mass is 364 g/mol. The molecule has 6 nitrogen and oxygen atoms in total. The molecule has 0 bridgehead atoms. The number of halogens is 1. The van der Waals surface area contributed by atoms with Crippen LogP contribution in [0.3, 0.4) is 0 Å². The van der Waals surface area contributed by atoms with Crippen molar-refractivity contribution in [3.63, 3.8) is 0 Å². The number of nitrogens with zero attached hydrogens (tertiary/aromatic N) is 2. The number of rotatable bonds is 4. The Morgan fingerprint density at radius 2 is 1.96 bits per heavy atom. The van der Waals surface area contributed by atoms with E-state index >= 15 is 0 Å². The first-order valence-electron chi connectivity index (χ1n) is 7.80. The molecule has 0 radical (unpaired) electrons. The maximum absolute atomic E-state index is 11.0. The molecule has 0 spiro atoms. The predicted octanol–water partition coefficient (Wildman–Crippen LogP) is 4.72. The van der Waals surface area contributed by atoms with Crippen LogP contribution in [-0.4, -0.2) is 26.0 Å². The summed E-state index contributed by atoms with van der Waals surface area (Å²) in [6.07, 6.45) is 3.25. The second-order valence-corrected chi connectivity index (χ2v) is 6.09. The summed E-state index contributed by atoms with van der Waals surface area (Å²) in [7, 11) is 0. The largest absolute Gasteiger partial charge is 0.478 e. The number of aromatic nitrogens is 3. The summed E-state index contributed by atoms with van der Waals surface area (Å²) in [6, 6.07) is 14.4. The molecule has 0 amide bonds. The van der Waals surface area contributed by atoms with Gasteiger partial charge in [0.05, 0.1) is 34.4 Å². The van der Waals surface area contributed by atoms with Crippen LogP contribution in [0.5, 0.6) is 0 Å². The number of hydrogen-bond acceptors (Lipinski definition) is 4. The zero-order chi connectivity index (χ0) is 18.1. The summed E-state index contributed by atoms with van der Waals surface area (Å²) >= 11 is 6.15. The molecule has 7 heteroatoms. The van der Waals surface area contributed by atoms with Gasteiger partial charge in [-0.05, 0) is 30.3 Å². The van der Waals surface area contributed by atoms with E-state index in [1.807, 2.05) is 30.3 Å². The van der Waals surface area contributed by atoms with Crippen LogP contribution in [-0.2, 0) is 0 Å². The Balaban J connectivity index is 1.65. The van der Waals surface area contributed by atoms with Gasteiger partial charge in [-0.2, -0.15) is 0 Å². The lowest BCUT2D eigenvalue weighted by atomic mass is 10.2. The number of aromatic carboxylic acids is 1. The number of benzene rings is 2. The van der Waals surface area contributed by atoms with E-state index in [1.165, 1.54) is 12.1 Å². The van der Waals surface area contributed by atoms with Crippen LogP contribution < -0.4 is 5.32 Å². The van der Waals surface area contributed by atoms with E-state index in [0.29, 0.717) is 22.2 Å². The van der Waals surface area contributed by atoms with Crippen LogP contribution in [0.4, 0.5) is 11.5 Å². The molecular weight excluding hydrogens is 352 g/mol. The van der Waals surface area contributed by atoms with Crippen LogP contribution in [0.25, 0.3) is 22.3 Å². The first kappa shape index (κ1) is 16.1. The lowest BCUT2D eigenvalue weighted by Crippen LogP contribution is -2.00. The Morgan fingerprint density at radius 1 is 1.12 bits per heavy atom. The number of H-pyrrole nitrogens is 1. The van der Waals surface area contributed by atoms with Crippen molar-refractivity contribution in [2.75, 3.05) is 5.32 Å². The van der Waals surface area contributed by atoms with E-state index in [-0.39, 0.29) is 5.56 Å². The summed E-state index contributed by atoms with van der Waals surface area (Å²) in [5.41, 5.74) is 3.24. The molecule has 4 aromatic rings. The van der Waals surface area contributed by atoms with Crippen molar-refractivity contribution in [2.24, 2.45) is 0 Å². The quantitative estimate of drug-likeness (QED) is 0.487. The van der Waals surface area contributed by atoms with Crippen LogP contribution >= 0.6 is 11.6 Å². The van der Waals surface area contributed by atoms with Crippen LogP contribution in [0.2, 0.25) is 5.02 Å². The van der Waals surface area contributed by atoms with Crippen molar-refractivity contribution in [1.29, 1.82) is 0 Å². The zero-order valence-electron chi connectivity index (χ0n) is 13.4. The average Bonchev–Trinajstić information content (AvgIpc) is 3.08. The Morgan fingerprint density at radius 3 is 2.73 bits per heavy atom. The van der Waals surface area contributed by atoms with Crippen molar-refractivity contribution >= 4 is 40.0 Å². The number of nitrogens with one attached hydrogen (secondary N) is 2. The topological polar surface area (TPSA) is 90.9 Å². The molecule has 0 aliphatic rings. The van der Waals surface area contributed by atoms with Gasteiger partial charge in [-0.15, -0.1) is 0 Å². The van der Waals surface area contributed by atoms with Gasteiger partial charge in [0.1, 0.15) is 11.5 Å². The molecule has 3 N–H and O–H groups in total. The molecule has 0 saturated carbocycles. The van der Waals surface area contributed by atoms with Crippen molar-refractivity contribution in [3.8, 4) is 11.4 Å². The van der Waals surface area contributed by atoms with Gasteiger partial charge >= 0.3 is 5.97 Å². The molecule has 2 aromatic carbocycles. The second kappa shape index (κ2) is 6.50. The molecule has 128 valence electrons. The Bertz CT molecular complexity index is 1090. The maximum Gasteiger partial charge on any atom is 0.335 e. The lowest BCUT2D eigenvalue weighted by Gasteiger charge is -2.09. The molecule has 26 heavy (non-hydrogen) atoms. The highest BCUT2D eigenvalue weighted by atomic mass is 35.5. The fraction of sp³-hybridized carbons (Fsp3) is 0. The first-order chi connectivity index (χ1) is 12.6. The van der Waals surface area contributed by atoms with Gasteiger partial charge in [-0.3, -0.25) is 4.98 Å². The highest BCUT2D eigenvalue weighted by Crippen LogP contribution is 2.27. The van der Waals surface area contributed by atoms with Crippen molar-refractivity contribution in [2.45, 2.75) is 0 Å². The van der Waals surface area contributed by atoms with Crippen molar-refractivity contribution < 1.29 is 9.90 Å². The number of hydrogen-bond donors (Lipinski definition) is 3. The molecule has 0 atom stereocenters. The van der Waals surface area contributed by atoms with Crippen molar-refractivity contribution in [3.05, 3.63) is 71.5 Å². The fourth-order valence-corrected chi connectivity index (χ4v) is 2.88. The van der Waals surface area contributed by atoms with Crippen LogP contribution in [0, 0.1) is 0 Å². The third-order valence-electron chi connectivity index (χ3n) is 3.92. The lowest BCUT2D eigenvalue weighted by molar-refractivity contribution is 0.0697. The number of carboxylic acids is 1. The van der Waals surface area contributed by atoms with Gasteiger partial charge < -0.3 is 15.4 Å². The van der Waals surface area contributed by atoms with Gasteiger partial charge in [-0.1, -0.05) is 29.8 Å². The van der Waals surface area contributed by atoms with Gasteiger partial charge in [0.15, 0.2) is 0 Å². The average molecular weight is 365 g/mol. The zero-order valence-corrected chi connectivity index (χ0v) is 14.2. The third kappa shape index (κ3) is 3.10.